The first-order chi connectivity index (χ1) is 22.3. The van der Waals surface area contributed by atoms with E-state index in [4.69, 9.17) is 18.9 Å². The molecule has 0 aliphatic carbocycles. The average Bonchev–Trinajstić information content (AvgIpc) is 3.36. The number of fused-ring (bicyclic) bond motifs is 1. The first-order valence-electron chi connectivity index (χ1n) is 14.8. The van der Waals surface area contributed by atoms with Crippen LogP contribution in [0.5, 0.6) is 17.2 Å². The zero-order valence-corrected chi connectivity index (χ0v) is 26.8. The normalized spacial score (nSPS) is 14.3. The summed E-state index contributed by atoms with van der Waals surface area (Å²) in [6.45, 7) is 5.83. The molecule has 1 aliphatic heterocycles. The number of nitrogens with zero attached hydrogens (tertiary/aromatic N) is 2. The zero-order valence-electron chi connectivity index (χ0n) is 26.0. The highest BCUT2D eigenvalue weighted by molar-refractivity contribution is 7.07. The van der Waals surface area contributed by atoms with E-state index >= 15 is 0 Å². The van der Waals surface area contributed by atoms with Crippen molar-refractivity contribution in [3.63, 3.8) is 0 Å². The van der Waals surface area contributed by atoms with Crippen LogP contribution in [0, 0.1) is 0 Å². The van der Waals surface area contributed by atoms with Gasteiger partial charge in [-0.05, 0) is 67.8 Å². The Labute approximate surface area is 269 Å². The summed E-state index contributed by atoms with van der Waals surface area (Å²) in [4.78, 5) is 44.2. The molecule has 0 spiro atoms. The van der Waals surface area contributed by atoms with Gasteiger partial charge in [0.05, 0.1) is 42.2 Å². The molecule has 0 saturated heterocycles. The van der Waals surface area contributed by atoms with Crippen LogP contribution < -0.4 is 29.1 Å². The summed E-state index contributed by atoms with van der Waals surface area (Å²) in [5.74, 6) is 0.208. The summed E-state index contributed by atoms with van der Waals surface area (Å²) in [5, 5.41) is 0. The molecule has 0 unspecified atom stereocenters. The van der Waals surface area contributed by atoms with E-state index in [1.54, 1.807) is 38.1 Å². The summed E-state index contributed by atoms with van der Waals surface area (Å²) >= 11 is 1.23. The molecule has 238 valence electrons. The molecule has 46 heavy (non-hydrogen) atoms. The summed E-state index contributed by atoms with van der Waals surface area (Å²) < 4.78 is 29.5. The molecule has 0 N–H and O–H groups in total. The van der Waals surface area contributed by atoms with Gasteiger partial charge in [-0.2, -0.15) is 0 Å². The number of carbonyl (C=O) groups is 2. The van der Waals surface area contributed by atoms with Gasteiger partial charge in [0.1, 0.15) is 12.4 Å². The quantitative estimate of drug-likeness (QED) is 0.210. The Morgan fingerprint density at radius 1 is 0.935 bits per heavy atom. The zero-order chi connectivity index (χ0) is 32.6. The van der Waals surface area contributed by atoms with Crippen molar-refractivity contribution in [1.82, 2.24) is 4.57 Å². The largest absolute Gasteiger partial charge is 0.490 e. The second-order valence-corrected chi connectivity index (χ2v) is 11.2. The van der Waals surface area contributed by atoms with Crippen molar-refractivity contribution in [3.8, 4) is 17.2 Å². The number of hydrogen-bond acceptors (Lipinski definition) is 10. The highest BCUT2D eigenvalue weighted by Gasteiger charge is 2.34. The van der Waals surface area contributed by atoms with E-state index < -0.39 is 18.0 Å². The number of hydrogen-bond donors (Lipinski definition) is 0. The van der Waals surface area contributed by atoms with Gasteiger partial charge in [0.15, 0.2) is 22.9 Å². The van der Waals surface area contributed by atoms with Crippen molar-refractivity contribution < 1.29 is 33.3 Å². The number of aromatic nitrogens is 1. The number of methoxy groups -OCH3 is 1. The van der Waals surface area contributed by atoms with E-state index in [-0.39, 0.29) is 24.3 Å². The third-order valence-corrected chi connectivity index (χ3v) is 8.06. The fraction of sp³-hybridized carbons (Fsp3) is 0.257. The molecule has 0 radical (unpaired) electrons. The van der Waals surface area contributed by atoms with E-state index in [2.05, 4.69) is 9.73 Å². The van der Waals surface area contributed by atoms with E-state index in [0.717, 1.165) is 11.1 Å². The van der Waals surface area contributed by atoms with Gasteiger partial charge >= 0.3 is 11.9 Å². The molecule has 1 atom stereocenters. The maximum Gasteiger partial charge on any atom is 0.343 e. The maximum atomic E-state index is 14.1. The average molecular weight is 643 g/mol. The lowest BCUT2D eigenvalue weighted by atomic mass is 9.95. The van der Waals surface area contributed by atoms with E-state index in [9.17, 15) is 14.4 Å². The number of ether oxygens (including phenoxy) is 5. The predicted molar refractivity (Wildman–Crippen MR) is 173 cm³/mol. The van der Waals surface area contributed by atoms with Crippen LogP contribution in [0.4, 0.5) is 0 Å². The lowest BCUT2D eigenvalue weighted by Crippen LogP contribution is -2.40. The topological polar surface area (TPSA) is 115 Å². The van der Waals surface area contributed by atoms with Crippen molar-refractivity contribution in [1.29, 1.82) is 0 Å². The fourth-order valence-corrected chi connectivity index (χ4v) is 6.02. The van der Waals surface area contributed by atoms with Crippen LogP contribution in [-0.2, 0) is 25.7 Å². The molecule has 1 aromatic heterocycles. The summed E-state index contributed by atoms with van der Waals surface area (Å²) in [6.07, 6.45) is 1.79. The monoisotopic (exact) mass is 642 g/mol. The standard InChI is InChI=1S/C35H34N2O8S/c1-5-42-28-19-25(15-16-27(28)45-21-30(38)41-4)32-31(34(40)43-6-2)22(3)36-35-37(32)33(39)29(46-35)18-24-13-10-14-26(17-24)44-20-23-11-8-7-9-12-23/h7-19,32H,5-6,20-21H2,1-4H3/b29-18+/t32-/m0/s1. The Hall–Kier alpha value is -5.16. The Bertz CT molecular complexity index is 1940. The second-order valence-electron chi connectivity index (χ2n) is 10.2. The van der Waals surface area contributed by atoms with Crippen molar-refractivity contribution in [2.24, 2.45) is 4.99 Å². The lowest BCUT2D eigenvalue weighted by molar-refractivity contribution is -0.143. The molecule has 2 heterocycles. The molecule has 10 nitrogen and oxygen atoms in total. The summed E-state index contributed by atoms with van der Waals surface area (Å²) in [5.41, 5.74) is 2.76. The minimum atomic E-state index is -0.855. The molecule has 0 saturated carbocycles. The molecule has 11 heteroatoms. The van der Waals surface area contributed by atoms with E-state index in [0.29, 0.717) is 51.1 Å². The van der Waals surface area contributed by atoms with Crippen molar-refractivity contribution in [3.05, 3.63) is 120 Å². The van der Waals surface area contributed by atoms with Crippen LogP contribution in [-0.4, -0.2) is 43.4 Å². The molecule has 5 rings (SSSR count). The van der Waals surface area contributed by atoms with Crippen LogP contribution in [0.15, 0.2) is 93.9 Å². The number of allylic oxidation sites excluding steroid dienone is 1. The smallest absolute Gasteiger partial charge is 0.343 e. The van der Waals surface area contributed by atoms with Gasteiger partial charge in [0.25, 0.3) is 5.56 Å². The molecule has 0 fully saturated rings. The Morgan fingerprint density at radius 3 is 2.48 bits per heavy atom. The molecule has 3 aromatic carbocycles. The molecule has 4 aromatic rings. The first-order valence-corrected chi connectivity index (χ1v) is 15.6. The van der Waals surface area contributed by atoms with Gasteiger partial charge < -0.3 is 23.7 Å². The Kier molecular flexibility index (Phi) is 10.3. The predicted octanol–water partition coefficient (Wildman–Crippen LogP) is 4.33. The number of benzene rings is 3. The van der Waals surface area contributed by atoms with Crippen LogP contribution in [0.25, 0.3) is 6.08 Å². The van der Waals surface area contributed by atoms with Gasteiger partial charge in [-0.1, -0.05) is 59.9 Å². The van der Waals surface area contributed by atoms with Crippen LogP contribution in [0.3, 0.4) is 0 Å². The number of rotatable bonds is 12. The third-order valence-electron chi connectivity index (χ3n) is 7.08. The van der Waals surface area contributed by atoms with Gasteiger partial charge in [0, 0.05) is 0 Å². The first kappa shape index (κ1) is 32.2. The molecule has 1 aliphatic rings. The highest BCUT2D eigenvalue weighted by Crippen LogP contribution is 2.36. The van der Waals surface area contributed by atoms with Crippen molar-refractivity contribution in [2.75, 3.05) is 26.9 Å². The molecule has 0 amide bonds. The fourth-order valence-electron chi connectivity index (χ4n) is 4.97. The van der Waals surface area contributed by atoms with Crippen molar-refractivity contribution in [2.45, 2.75) is 33.4 Å². The molecular weight excluding hydrogens is 608 g/mol. The molecular formula is C35H34N2O8S. The third kappa shape index (κ3) is 7.21. The van der Waals surface area contributed by atoms with Gasteiger partial charge in [0.2, 0.25) is 0 Å². The van der Waals surface area contributed by atoms with Crippen molar-refractivity contribution >= 4 is 29.4 Å². The van der Waals surface area contributed by atoms with Crippen LogP contribution >= 0.6 is 11.3 Å². The van der Waals surface area contributed by atoms with Gasteiger partial charge in [-0.25, -0.2) is 14.6 Å². The Balaban J connectivity index is 1.57. The summed E-state index contributed by atoms with van der Waals surface area (Å²) in [6, 6.07) is 21.6. The molecule has 0 bridgehead atoms. The number of thiazole rings is 1. The van der Waals surface area contributed by atoms with Crippen LogP contribution in [0.1, 0.15) is 43.5 Å². The minimum Gasteiger partial charge on any atom is -0.490 e. The highest BCUT2D eigenvalue weighted by atomic mass is 32.1. The van der Waals surface area contributed by atoms with E-state index in [1.165, 1.54) is 23.0 Å². The maximum absolute atomic E-state index is 14.1. The second kappa shape index (κ2) is 14.7. The van der Waals surface area contributed by atoms with E-state index in [1.807, 2.05) is 61.5 Å². The number of carbonyl (C=O) groups excluding carboxylic acids is 2. The lowest BCUT2D eigenvalue weighted by Gasteiger charge is -2.25. The minimum absolute atomic E-state index is 0.153. The Morgan fingerprint density at radius 2 is 1.74 bits per heavy atom. The SMILES string of the molecule is CCOC(=O)C1=C(C)N=c2s/c(=C/c3cccc(OCc4ccccc4)c3)c(=O)n2[C@H]1c1ccc(OCC(=O)OC)c(OCC)c1. The number of esters is 2. The van der Waals surface area contributed by atoms with Gasteiger partial charge in [-0.3, -0.25) is 9.36 Å². The van der Waals surface area contributed by atoms with Crippen LogP contribution in [0.2, 0.25) is 0 Å². The summed E-state index contributed by atoms with van der Waals surface area (Å²) in [7, 11) is 1.27. The van der Waals surface area contributed by atoms with Gasteiger partial charge in [-0.15, -0.1) is 0 Å².